The molecular formula is C19H28O. The fourth-order valence-electron chi connectivity index (χ4n) is 3.19. The van der Waals surface area contributed by atoms with E-state index < -0.39 is 0 Å². The van der Waals surface area contributed by atoms with Crippen molar-refractivity contribution in [2.45, 2.75) is 71.1 Å². The lowest BCUT2D eigenvalue weighted by Crippen LogP contribution is -2.08. The van der Waals surface area contributed by atoms with Crippen molar-refractivity contribution in [3.8, 4) is 0 Å². The van der Waals surface area contributed by atoms with Gasteiger partial charge in [-0.15, -0.1) is 0 Å². The summed E-state index contributed by atoms with van der Waals surface area (Å²) in [7, 11) is 0. The van der Waals surface area contributed by atoms with Crippen molar-refractivity contribution in [3.05, 3.63) is 35.4 Å². The maximum atomic E-state index is 12.4. The van der Waals surface area contributed by atoms with Crippen LogP contribution in [-0.4, -0.2) is 5.78 Å². The van der Waals surface area contributed by atoms with Gasteiger partial charge in [-0.1, -0.05) is 76.1 Å². The van der Waals surface area contributed by atoms with E-state index in [4.69, 9.17) is 0 Å². The lowest BCUT2D eigenvalue weighted by atomic mass is 9.91. The van der Waals surface area contributed by atoms with Gasteiger partial charge in [0.15, 0.2) is 5.78 Å². The normalized spacial score (nSPS) is 16.9. The second-order valence-electron chi connectivity index (χ2n) is 6.29. The fourth-order valence-corrected chi connectivity index (χ4v) is 3.19. The molecule has 0 aliphatic heterocycles. The smallest absolute Gasteiger partial charge is 0.163 e. The van der Waals surface area contributed by atoms with E-state index in [0.717, 1.165) is 18.4 Å². The van der Waals surface area contributed by atoms with Gasteiger partial charge in [0.1, 0.15) is 0 Å². The van der Waals surface area contributed by atoms with Gasteiger partial charge in [-0.2, -0.15) is 0 Å². The Morgan fingerprint density at radius 1 is 1.05 bits per heavy atom. The van der Waals surface area contributed by atoms with Crippen LogP contribution in [0.3, 0.4) is 0 Å². The van der Waals surface area contributed by atoms with Crippen LogP contribution in [0.15, 0.2) is 24.3 Å². The van der Waals surface area contributed by atoms with Crippen LogP contribution in [0, 0.1) is 5.92 Å². The second-order valence-corrected chi connectivity index (χ2v) is 6.29. The lowest BCUT2D eigenvalue weighted by molar-refractivity contribution is 0.0957. The summed E-state index contributed by atoms with van der Waals surface area (Å²) in [5, 5.41) is 0. The maximum Gasteiger partial charge on any atom is 0.163 e. The minimum atomic E-state index is 0.346. The Balaban J connectivity index is 1.88. The molecule has 110 valence electrons. The van der Waals surface area contributed by atoms with E-state index in [2.05, 4.69) is 19.1 Å². The largest absolute Gasteiger partial charge is 0.294 e. The molecule has 1 aliphatic rings. The van der Waals surface area contributed by atoms with E-state index in [1.807, 2.05) is 12.1 Å². The highest BCUT2D eigenvalue weighted by Gasteiger charge is 2.17. The van der Waals surface area contributed by atoms with Crippen LogP contribution in [-0.2, 0) is 6.42 Å². The molecule has 0 atom stereocenters. The predicted molar refractivity (Wildman–Crippen MR) is 85.2 cm³/mol. The van der Waals surface area contributed by atoms with Gasteiger partial charge in [-0.3, -0.25) is 4.79 Å². The molecule has 1 fully saturated rings. The molecule has 2 rings (SSSR count). The third-order valence-corrected chi connectivity index (χ3v) is 4.54. The topological polar surface area (TPSA) is 17.1 Å². The minimum absolute atomic E-state index is 0.346. The molecule has 0 N–H and O–H groups in total. The first-order valence-corrected chi connectivity index (χ1v) is 8.41. The van der Waals surface area contributed by atoms with Gasteiger partial charge in [0.2, 0.25) is 0 Å². The van der Waals surface area contributed by atoms with E-state index in [1.165, 1.54) is 56.9 Å². The Morgan fingerprint density at radius 3 is 2.30 bits per heavy atom. The van der Waals surface area contributed by atoms with E-state index in [1.54, 1.807) is 0 Å². The Kier molecular flexibility index (Phi) is 6.29. The quantitative estimate of drug-likeness (QED) is 0.488. The summed E-state index contributed by atoms with van der Waals surface area (Å²) in [6.07, 6.45) is 12.2. The van der Waals surface area contributed by atoms with Crippen LogP contribution in [0.4, 0.5) is 0 Å². The number of hydrogen-bond donors (Lipinski definition) is 0. The molecule has 1 aliphatic carbocycles. The molecule has 1 nitrogen and oxygen atoms in total. The fraction of sp³-hybridized carbons (Fsp3) is 0.632. The summed E-state index contributed by atoms with van der Waals surface area (Å²) in [5.41, 5.74) is 2.27. The van der Waals surface area contributed by atoms with Gasteiger partial charge in [0.25, 0.3) is 0 Å². The molecule has 0 radical (unpaired) electrons. The SMILES string of the molecule is CCCCc1ccc(C(=O)CC2CCCCCC2)cc1. The van der Waals surface area contributed by atoms with Crippen LogP contribution in [0.25, 0.3) is 0 Å². The Hall–Kier alpha value is -1.11. The number of hydrogen-bond acceptors (Lipinski definition) is 1. The van der Waals surface area contributed by atoms with Gasteiger partial charge < -0.3 is 0 Å². The predicted octanol–water partition coefficient (Wildman–Crippen LogP) is 5.57. The first-order valence-electron chi connectivity index (χ1n) is 8.41. The van der Waals surface area contributed by atoms with Crippen molar-refractivity contribution >= 4 is 5.78 Å². The lowest BCUT2D eigenvalue weighted by Gasteiger charge is -2.13. The number of Topliss-reactive ketones (excluding diaryl/α,β-unsaturated/α-hetero) is 1. The Bertz CT molecular complexity index is 396. The zero-order valence-corrected chi connectivity index (χ0v) is 12.9. The summed E-state index contributed by atoms with van der Waals surface area (Å²) in [6, 6.07) is 8.33. The molecule has 1 aromatic carbocycles. The maximum absolute atomic E-state index is 12.4. The number of rotatable bonds is 6. The van der Waals surface area contributed by atoms with Crippen LogP contribution in [0.5, 0.6) is 0 Å². The Morgan fingerprint density at radius 2 is 1.70 bits per heavy atom. The van der Waals surface area contributed by atoms with Gasteiger partial charge in [-0.05, 0) is 24.3 Å². The minimum Gasteiger partial charge on any atom is -0.294 e. The van der Waals surface area contributed by atoms with Crippen molar-refractivity contribution in [2.24, 2.45) is 5.92 Å². The first kappa shape index (κ1) is 15.3. The number of carbonyl (C=O) groups is 1. The van der Waals surface area contributed by atoms with Crippen molar-refractivity contribution < 1.29 is 4.79 Å². The molecule has 0 heterocycles. The van der Waals surface area contributed by atoms with E-state index in [9.17, 15) is 4.79 Å². The molecule has 20 heavy (non-hydrogen) atoms. The van der Waals surface area contributed by atoms with Crippen molar-refractivity contribution in [3.63, 3.8) is 0 Å². The third kappa shape index (κ3) is 4.77. The number of benzene rings is 1. The summed E-state index contributed by atoms with van der Waals surface area (Å²) in [6.45, 7) is 2.21. The zero-order valence-electron chi connectivity index (χ0n) is 12.9. The molecule has 0 spiro atoms. The molecule has 0 unspecified atom stereocenters. The second kappa shape index (κ2) is 8.24. The molecular weight excluding hydrogens is 244 g/mol. The van der Waals surface area contributed by atoms with Crippen molar-refractivity contribution in [1.29, 1.82) is 0 Å². The van der Waals surface area contributed by atoms with Crippen LogP contribution < -0.4 is 0 Å². The van der Waals surface area contributed by atoms with Crippen LogP contribution in [0.2, 0.25) is 0 Å². The summed E-state index contributed by atoms with van der Waals surface area (Å²) >= 11 is 0. The standard InChI is InChI=1S/C19H28O/c1-2-3-8-16-11-13-18(14-12-16)19(20)15-17-9-6-4-5-7-10-17/h11-14,17H,2-10,15H2,1H3. The highest BCUT2D eigenvalue weighted by molar-refractivity contribution is 5.96. The highest BCUT2D eigenvalue weighted by Crippen LogP contribution is 2.26. The zero-order chi connectivity index (χ0) is 14.2. The summed E-state index contributed by atoms with van der Waals surface area (Å²) < 4.78 is 0. The first-order chi connectivity index (χ1) is 9.79. The monoisotopic (exact) mass is 272 g/mol. The van der Waals surface area contributed by atoms with Crippen LogP contribution >= 0.6 is 0 Å². The molecule has 0 saturated heterocycles. The molecule has 0 bridgehead atoms. The molecule has 1 aromatic rings. The Labute approximate surface area is 123 Å². The summed E-state index contributed by atoms with van der Waals surface area (Å²) in [5.74, 6) is 0.976. The molecule has 0 aromatic heterocycles. The summed E-state index contributed by atoms with van der Waals surface area (Å²) in [4.78, 5) is 12.4. The molecule has 1 heteroatoms. The van der Waals surface area contributed by atoms with Crippen molar-refractivity contribution in [2.75, 3.05) is 0 Å². The average molecular weight is 272 g/mol. The van der Waals surface area contributed by atoms with E-state index >= 15 is 0 Å². The number of unbranched alkanes of at least 4 members (excludes halogenated alkanes) is 1. The number of aryl methyl sites for hydroxylation is 1. The molecule has 0 amide bonds. The number of ketones is 1. The van der Waals surface area contributed by atoms with Gasteiger partial charge >= 0.3 is 0 Å². The van der Waals surface area contributed by atoms with Gasteiger partial charge in [0, 0.05) is 12.0 Å². The number of carbonyl (C=O) groups excluding carboxylic acids is 1. The third-order valence-electron chi connectivity index (χ3n) is 4.54. The van der Waals surface area contributed by atoms with E-state index in [0.29, 0.717) is 11.7 Å². The van der Waals surface area contributed by atoms with Crippen molar-refractivity contribution in [1.82, 2.24) is 0 Å². The average Bonchev–Trinajstić information content (AvgIpc) is 2.74. The molecule has 1 saturated carbocycles. The van der Waals surface area contributed by atoms with Gasteiger partial charge in [0.05, 0.1) is 0 Å². The van der Waals surface area contributed by atoms with Gasteiger partial charge in [-0.25, -0.2) is 0 Å². The highest BCUT2D eigenvalue weighted by atomic mass is 16.1. The van der Waals surface area contributed by atoms with Crippen LogP contribution in [0.1, 0.15) is 80.6 Å². The van der Waals surface area contributed by atoms with E-state index in [-0.39, 0.29) is 0 Å².